The van der Waals surface area contributed by atoms with Crippen LogP contribution in [0.15, 0.2) is 54.9 Å². The molecular formula is C15H12N2. The first-order chi connectivity index (χ1) is 8.34. The maximum Gasteiger partial charge on any atom is 0.125 e. The number of rotatable bonds is 1. The molecule has 0 aliphatic heterocycles. The summed E-state index contributed by atoms with van der Waals surface area (Å²) >= 11 is 0. The van der Waals surface area contributed by atoms with Crippen molar-refractivity contribution in [3.05, 3.63) is 60.7 Å². The fourth-order valence-corrected chi connectivity index (χ4v) is 2.01. The molecule has 0 N–H and O–H groups in total. The second kappa shape index (κ2) is 3.98. The summed E-state index contributed by atoms with van der Waals surface area (Å²) < 4.78 is 0. The number of fused-ring (bicyclic) bond motifs is 1. The molecule has 2 heteroatoms. The van der Waals surface area contributed by atoms with Crippen molar-refractivity contribution in [2.45, 2.75) is 6.92 Å². The Morgan fingerprint density at radius 3 is 2.35 bits per heavy atom. The highest BCUT2D eigenvalue weighted by Gasteiger charge is 2.03. The van der Waals surface area contributed by atoms with E-state index in [2.05, 4.69) is 52.4 Å². The van der Waals surface area contributed by atoms with Crippen molar-refractivity contribution in [1.29, 1.82) is 0 Å². The van der Waals surface area contributed by atoms with Crippen LogP contribution < -0.4 is 0 Å². The van der Waals surface area contributed by atoms with Crippen LogP contribution in [0.5, 0.6) is 0 Å². The van der Waals surface area contributed by atoms with Crippen molar-refractivity contribution in [1.82, 2.24) is 9.97 Å². The van der Waals surface area contributed by atoms with Gasteiger partial charge in [-0.25, -0.2) is 9.97 Å². The van der Waals surface area contributed by atoms with Crippen LogP contribution in [0.2, 0.25) is 0 Å². The molecule has 3 rings (SSSR count). The van der Waals surface area contributed by atoms with Crippen LogP contribution in [0.1, 0.15) is 5.82 Å². The van der Waals surface area contributed by atoms with Gasteiger partial charge in [0.25, 0.3) is 0 Å². The first kappa shape index (κ1) is 9.97. The lowest BCUT2D eigenvalue weighted by Crippen LogP contribution is -1.88. The van der Waals surface area contributed by atoms with E-state index in [4.69, 9.17) is 0 Å². The van der Waals surface area contributed by atoms with E-state index >= 15 is 0 Å². The molecule has 0 atom stereocenters. The molecule has 3 aromatic rings. The zero-order chi connectivity index (χ0) is 11.7. The van der Waals surface area contributed by atoms with E-state index in [-0.39, 0.29) is 0 Å². The van der Waals surface area contributed by atoms with Gasteiger partial charge in [-0.05, 0) is 23.3 Å². The number of benzene rings is 2. The molecule has 0 bridgehead atoms. The van der Waals surface area contributed by atoms with Gasteiger partial charge in [0.05, 0.1) is 0 Å². The van der Waals surface area contributed by atoms with Crippen molar-refractivity contribution in [2.24, 2.45) is 0 Å². The molecule has 17 heavy (non-hydrogen) atoms. The van der Waals surface area contributed by atoms with Gasteiger partial charge in [-0.3, -0.25) is 0 Å². The van der Waals surface area contributed by atoms with Crippen molar-refractivity contribution in [3.8, 4) is 11.1 Å². The standard InChI is InChI=1S/C15H12N2/c1-11-16-9-13(10-17-11)15-8-4-6-12-5-2-3-7-14(12)15/h2-10H,1H3. The average Bonchev–Trinajstić information content (AvgIpc) is 2.39. The minimum absolute atomic E-state index is 0.800. The van der Waals surface area contributed by atoms with Crippen molar-refractivity contribution >= 4 is 10.8 Å². The van der Waals surface area contributed by atoms with Crippen molar-refractivity contribution < 1.29 is 0 Å². The van der Waals surface area contributed by atoms with Crippen LogP contribution in [0.25, 0.3) is 21.9 Å². The first-order valence-electron chi connectivity index (χ1n) is 5.61. The fourth-order valence-electron chi connectivity index (χ4n) is 2.01. The van der Waals surface area contributed by atoms with Crippen LogP contribution in [0, 0.1) is 6.92 Å². The monoisotopic (exact) mass is 220 g/mol. The molecule has 1 aromatic heterocycles. The predicted molar refractivity (Wildman–Crippen MR) is 69.7 cm³/mol. The highest BCUT2D eigenvalue weighted by Crippen LogP contribution is 2.27. The molecule has 0 saturated heterocycles. The molecule has 1 heterocycles. The van der Waals surface area contributed by atoms with Gasteiger partial charge in [0.2, 0.25) is 0 Å². The second-order valence-corrected chi connectivity index (χ2v) is 4.05. The highest BCUT2D eigenvalue weighted by molar-refractivity contribution is 5.96. The third kappa shape index (κ3) is 1.78. The minimum Gasteiger partial charge on any atom is -0.241 e. The molecule has 0 aliphatic rings. The Kier molecular flexibility index (Phi) is 2.33. The quantitative estimate of drug-likeness (QED) is 0.626. The van der Waals surface area contributed by atoms with Gasteiger partial charge >= 0.3 is 0 Å². The zero-order valence-electron chi connectivity index (χ0n) is 9.59. The van der Waals surface area contributed by atoms with E-state index in [1.165, 1.54) is 16.3 Å². The van der Waals surface area contributed by atoms with Crippen LogP contribution in [-0.4, -0.2) is 9.97 Å². The maximum atomic E-state index is 4.25. The third-order valence-electron chi connectivity index (χ3n) is 2.88. The van der Waals surface area contributed by atoms with E-state index < -0.39 is 0 Å². The Labute approximate surface area is 100.0 Å². The Morgan fingerprint density at radius 2 is 1.53 bits per heavy atom. The van der Waals surface area contributed by atoms with E-state index in [0.29, 0.717) is 0 Å². The SMILES string of the molecule is Cc1ncc(-c2cccc3ccccc23)cn1. The van der Waals surface area contributed by atoms with Gasteiger partial charge < -0.3 is 0 Å². The summed E-state index contributed by atoms with van der Waals surface area (Å²) in [6.45, 7) is 1.90. The summed E-state index contributed by atoms with van der Waals surface area (Å²) in [6, 6.07) is 14.7. The molecule has 0 radical (unpaired) electrons. The largest absolute Gasteiger partial charge is 0.241 e. The Balaban J connectivity index is 2.27. The topological polar surface area (TPSA) is 25.8 Å². The number of aryl methyl sites for hydroxylation is 1. The van der Waals surface area contributed by atoms with Gasteiger partial charge in [-0.15, -0.1) is 0 Å². The normalized spacial score (nSPS) is 10.6. The molecule has 2 aromatic carbocycles. The number of hydrogen-bond donors (Lipinski definition) is 0. The molecule has 0 unspecified atom stereocenters. The molecule has 0 fully saturated rings. The average molecular weight is 220 g/mol. The smallest absolute Gasteiger partial charge is 0.125 e. The highest BCUT2D eigenvalue weighted by atomic mass is 14.8. The van der Waals surface area contributed by atoms with Crippen LogP contribution in [0.4, 0.5) is 0 Å². The van der Waals surface area contributed by atoms with Crippen molar-refractivity contribution in [2.75, 3.05) is 0 Å². The van der Waals surface area contributed by atoms with Crippen LogP contribution >= 0.6 is 0 Å². The molecular weight excluding hydrogens is 208 g/mol. The lowest BCUT2D eigenvalue weighted by Gasteiger charge is -2.05. The summed E-state index contributed by atoms with van der Waals surface area (Å²) in [4.78, 5) is 8.50. The lowest BCUT2D eigenvalue weighted by atomic mass is 10.0. The van der Waals surface area contributed by atoms with E-state index in [9.17, 15) is 0 Å². The molecule has 0 spiro atoms. The van der Waals surface area contributed by atoms with Crippen molar-refractivity contribution in [3.63, 3.8) is 0 Å². The number of hydrogen-bond acceptors (Lipinski definition) is 2. The second-order valence-electron chi connectivity index (χ2n) is 4.05. The predicted octanol–water partition coefficient (Wildman–Crippen LogP) is 3.61. The van der Waals surface area contributed by atoms with Gasteiger partial charge in [0.15, 0.2) is 0 Å². The lowest BCUT2D eigenvalue weighted by molar-refractivity contribution is 1.06. The Morgan fingerprint density at radius 1 is 0.824 bits per heavy atom. The van der Waals surface area contributed by atoms with E-state index in [0.717, 1.165) is 11.4 Å². The molecule has 0 amide bonds. The Hall–Kier alpha value is -2.22. The fraction of sp³-hybridized carbons (Fsp3) is 0.0667. The minimum atomic E-state index is 0.800. The van der Waals surface area contributed by atoms with Gasteiger partial charge in [-0.1, -0.05) is 42.5 Å². The summed E-state index contributed by atoms with van der Waals surface area (Å²) in [5.74, 6) is 0.800. The first-order valence-corrected chi connectivity index (χ1v) is 5.61. The summed E-state index contributed by atoms with van der Waals surface area (Å²) in [7, 11) is 0. The summed E-state index contributed by atoms with van der Waals surface area (Å²) in [5, 5.41) is 2.48. The summed E-state index contributed by atoms with van der Waals surface area (Å²) in [5.41, 5.74) is 2.25. The maximum absolute atomic E-state index is 4.25. The molecule has 2 nitrogen and oxygen atoms in total. The molecule has 0 saturated carbocycles. The zero-order valence-corrected chi connectivity index (χ0v) is 9.59. The van der Waals surface area contributed by atoms with Crippen LogP contribution in [0.3, 0.4) is 0 Å². The Bertz CT molecular complexity index is 652. The van der Waals surface area contributed by atoms with E-state index in [1.807, 2.05) is 19.3 Å². The van der Waals surface area contributed by atoms with Crippen LogP contribution in [-0.2, 0) is 0 Å². The van der Waals surface area contributed by atoms with Gasteiger partial charge in [0, 0.05) is 18.0 Å². The van der Waals surface area contributed by atoms with Gasteiger partial charge in [0.1, 0.15) is 5.82 Å². The molecule has 0 aliphatic carbocycles. The molecule has 82 valence electrons. The third-order valence-corrected chi connectivity index (χ3v) is 2.88. The van der Waals surface area contributed by atoms with Gasteiger partial charge in [-0.2, -0.15) is 0 Å². The summed E-state index contributed by atoms with van der Waals surface area (Å²) in [6.07, 6.45) is 3.76. The number of aromatic nitrogens is 2. The number of nitrogens with zero attached hydrogens (tertiary/aromatic N) is 2. The van der Waals surface area contributed by atoms with E-state index in [1.54, 1.807) is 0 Å².